The van der Waals surface area contributed by atoms with Crippen LogP contribution < -0.4 is 26.2 Å². The van der Waals surface area contributed by atoms with E-state index in [-0.39, 0.29) is 28.4 Å². The van der Waals surface area contributed by atoms with Crippen LogP contribution in [0.15, 0.2) is 164 Å². The van der Waals surface area contributed by atoms with Crippen LogP contribution in [0.3, 0.4) is 0 Å². The second-order valence-electron chi connectivity index (χ2n) is 22.9. The summed E-state index contributed by atoms with van der Waals surface area (Å²) in [6.07, 6.45) is 0. The molecule has 0 N–H and O–H groups in total. The lowest BCUT2D eigenvalue weighted by Gasteiger charge is -2.45. The lowest BCUT2D eigenvalue weighted by Crippen LogP contribution is -2.61. The summed E-state index contributed by atoms with van der Waals surface area (Å²) < 4.78 is 0. The molecule has 0 fully saturated rings. The molecule has 1 aromatic heterocycles. The normalized spacial score (nSPS) is 13.6. The van der Waals surface area contributed by atoms with Gasteiger partial charge in [0.05, 0.1) is 11.4 Å². The van der Waals surface area contributed by atoms with Gasteiger partial charge in [-0.25, -0.2) is 9.97 Å². The van der Waals surface area contributed by atoms with Crippen molar-refractivity contribution >= 4 is 57.2 Å². The van der Waals surface area contributed by atoms with E-state index in [1.807, 2.05) is 6.07 Å². The fourth-order valence-electron chi connectivity index (χ4n) is 9.92. The number of benzene rings is 7. The van der Waals surface area contributed by atoms with Crippen LogP contribution in [-0.2, 0) is 21.7 Å². The van der Waals surface area contributed by atoms with Gasteiger partial charge in [-0.1, -0.05) is 192 Å². The zero-order valence-corrected chi connectivity index (χ0v) is 41.5. The summed E-state index contributed by atoms with van der Waals surface area (Å²) in [5.74, 6) is 0.700. The Labute approximate surface area is 399 Å². The second kappa shape index (κ2) is 16.0. The van der Waals surface area contributed by atoms with E-state index >= 15 is 0 Å². The number of hydrogen-bond acceptors (Lipinski definition) is 4. The summed E-state index contributed by atoms with van der Waals surface area (Å²) >= 11 is 0. The van der Waals surface area contributed by atoms with E-state index in [1.54, 1.807) is 0 Å². The van der Waals surface area contributed by atoms with Crippen LogP contribution in [-0.4, -0.2) is 16.7 Å². The highest BCUT2D eigenvalue weighted by Crippen LogP contribution is 2.48. The summed E-state index contributed by atoms with van der Waals surface area (Å²) in [7, 11) is 0. The fourth-order valence-corrected chi connectivity index (χ4v) is 9.92. The number of nitrogens with zero attached hydrogens (tertiary/aromatic N) is 4. The maximum absolute atomic E-state index is 5.47. The largest absolute Gasteiger partial charge is 0.311 e. The number of anilines is 6. The minimum Gasteiger partial charge on any atom is -0.311 e. The SMILES string of the molecule is CC(C)(C)c1ccc(N2c3cc(C(C)(C)C)ccc3B3c4ccc(C(C)(C)C)cc4N(c4ccc(C(C)(C)C)cc4)c4cc(-c5cc(-c6ccccc6)nc(-c6ccccc6)n5)cc2c43)cc1. The van der Waals surface area contributed by atoms with Gasteiger partial charge >= 0.3 is 0 Å². The molecule has 0 unspecified atom stereocenters. The van der Waals surface area contributed by atoms with Gasteiger partial charge in [-0.05, 0) is 115 Å². The van der Waals surface area contributed by atoms with Gasteiger partial charge in [-0.15, -0.1) is 0 Å². The first-order valence-corrected chi connectivity index (χ1v) is 24.0. The Balaban J connectivity index is 1.33. The predicted octanol–water partition coefficient (Wildman–Crippen LogP) is 14.8. The van der Waals surface area contributed by atoms with Gasteiger partial charge in [0, 0.05) is 50.8 Å². The Bertz CT molecular complexity index is 2940. The van der Waals surface area contributed by atoms with Crippen LogP contribution in [0.4, 0.5) is 34.1 Å². The van der Waals surface area contributed by atoms with E-state index in [0.717, 1.165) is 50.8 Å². The highest BCUT2D eigenvalue weighted by atomic mass is 15.2. The molecule has 0 saturated heterocycles. The Kier molecular flexibility index (Phi) is 10.5. The van der Waals surface area contributed by atoms with Gasteiger partial charge in [-0.2, -0.15) is 0 Å². The van der Waals surface area contributed by atoms with Crippen molar-refractivity contribution in [3.63, 3.8) is 0 Å². The summed E-state index contributed by atoms with van der Waals surface area (Å²) in [6.45, 7) is 27.6. The summed E-state index contributed by atoms with van der Waals surface area (Å²) in [5.41, 5.74) is 20.8. The molecule has 334 valence electrons. The summed E-state index contributed by atoms with van der Waals surface area (Å²) in [5, 5.41) is 0. The quantitative estimate of drug-likeness (QED) is 0.161. The Morgan fingerprint density at radius 3 is 1.12 bits per heavy atom. The highest BCUT2D eigenvalue weighted by molar-refractivity contribution is 7.00. The minimum absolute atomic E-state index is 0.0144. The molecule has 67 heavy (non-hydrogen) atoms. The average Bonchev–Trinajstić information content (AvgIpc) is 3.30. The van der Waals surface area contributed by atoms with Crippen molar-refractivity contribution < 1.29 is 0 Å². The van der Waals surface area contributed by atoms with Crippen molar-refractivity contribution in [3.05, 3.63) is 186 Å². The monoisotopic (exact) mass is 875 g/mol. The van der Waals surface area contributed by atoms with Crippen LogP contribution in [0.25, 0.3) is 33.9 Å². The van der Waals surface area contributed by atoms with Crippen LogP contribution in [0, 0.1) is 0 Å². The van der Waals surface area contributed by atoms with Crippen molar-refractivity contribution in [1.29, 1.82) is 0 Å². The molecule has 0 spiro atoms. The lowest BCUT2D eigenvalue weighted by molar-refractivity contribution is 0.590. The molecule has 0 saturated carbocycles. The molecule has 7 aromatic carbocycles. The van der Waals surface area contributed by atoms with E-state index in [0.29, 0.717) is 5.82 Å². The standard InChI is InChI=1S/C62H63BN4/c1-59(2,3)43-23-29-47(30-24-43)66-53-37-45(61(7,8)9)27-33-49(53)63-50-34-28-46(62(10,11)12)38-54(50)67(48-31-25-44(26-32-48)60(4,5)6)56-36-42(35-55(66)57(56)63)52-39-51(40-19-15-13-16-20-40)64-58(65-52)41-21-17-14-18-22-41/h13-39H,1-12H3. The maximum atomic E-state index is 5.47. The molecule has 4 nitrogen and oxygen atoms in total. The van der Waals surface area contributed by atoms with Crippen LogP contribution in [0.5, 0.6) is 0 Å². The first-order valence-electron chi connectivity index (χ1n) is 24.0. The van der Waals surface area contributed by atoms with Crippen molar-refractivity contribution in [2.24, 2.45) is 0 Å². The molecule has 8 aromatic rings. The third-order valence-electron chi connectivity index (χ3n) is 13.9. The molecule has 10 rings (SSSR count). The first-order chi connectivity index (χ1) is 31.7. The van der Waals surface area contributed by atoms with Crippen LogP contribution >= 0.6 is 0 Å². The topological polar surface area (TPSA) is 32.3 Å². The van der Waals surface area contributed by atoms with Gasteiger partial charge in [0.15, 0.2) is 5.82 Å². The molecule has 2 aliphatic heterocycles. The highest BCUT2D eigenvalue weighted by Gasteiger charge is 2.44. The first kappa shape index (κ1) is 44.1. The zero-order valence-electron chi connectivity index (χ0n) is 41.5. The van der Waals surface area contributed by atoms with Crippen LogP contribution in [0.2, 0.25) is 0 Å². The fraction of sp³-hybridized carbons (Fsp3) is 0.258. The molecule has 3 heterocycles. The van der Waals surface area contributed by atoms with Gasteiger partial charge < -0.3 is 9.80 Å². The number of fused-ring (bicyclic) bond motifs is 4. The molecular formula is C62H63BN4. The number of rotatable bonds is 5. The number of hydrogen-bond donors (Lipinski definition) is 0. The van der Waals surface area contributed by atoms with Gasteiger partial charge in [-0.3, -0.25) is 0 Å². The minimum atomic E-state index is -0.0607. The zero-order chi connectivity index (χ0) is 47.2. The second-order valence-corrected chi connectivity index (χ2v) is 22.9. The Hall–Kier alpha value is -6.72. The van der Waals surface area contributed by atoms with Gasteiger partial charge in [0.2, 0.25) is 0 Å². The molecule has 0 aliphatic carbocycles. The molecule has 0 radical (unpaired) electrons. The van der Waals surface area contributed by atoms with Crippen molar-refractivity contribution in [2.75, 3.05) is 9.80 Å². The van der Waals surface area contributed by atoms with Crippen molar-refractivity contribution in [1.82, 2.24) is 9.97 Å². The molecular weight excluding hydrogens is 812 g/mol. The van der Waals surface area contributed by atoms with E-state index < -0.39 is 0 Å². The van der Waals surface area contributed by atoms with E-state index in [9.17, 15) is 0 Å². The maximum Gasteiger partial charge on any atom is 0.252 e. The smallest absolute Gasteiger partial charge is 0.252 e. The molecule has 2 aliphatic rings. The van der Waals surface area contributed by atoms with E-state index in [1.165, 1.54) is 50.0 Å². The Morgan fingerprint density at radius 2 is 0.716 bits per heavy atom. The Morgan fingerprint density at radius 1 is 0.343 bits per heavy atom. The lowest BCUT2D eigenvalue weighted by atomic mass is 9.33. The van der Waals surface area contributed by atoms with Gasteiger partial charge in [0.1, 0.15) is 0 Å². The average molecular weight is 875 g/mol. The van der Waals surface area contributed by atoms with E-state index in [4.69, 9.17) is 9.97 Å². The molecule has 0 atom stereocenters. The predicted molar refractivity (Wildman–Crippen MR) is 287 cm³/mol. The van der Waals surface area contributed by atoms with Crippen molar-refractivity contribution in [2.45, 2.75) is 105 Å². The summed E-state index contributed by atoms with van der Waals surface area (Å²) in [4.78, 5) is 15.8. The van der Waals surface area contributed by atoms with Crippen molar-refractivity contribution in [3.8, 4) is 33.9 Å². The summed E-state index contributed by atoms with van der Waals surface area (Å²) in [6, 6.07) is 61.0. The third-order valence-corrected chi connectivity index (χ3v) is 13.9. The van der Waals surface area contributed by atoms with Crippen LogP contribution in [0.1, 0.15) is 105 Å². The number of aromatic nitrogens is 2. The molecule has 5 heteroatoms. The van der Waals surface area contributed by atoms with E-state index in [2.05, 4.69) is 251 Å². The van der Waals surface area contributed by atoms with Gasteiger partial charge in [0.25, 0.3) is 6.71 Å². The third kappa shape index (κ3) is 8.07. The molecule has 0 bridgehead atoms. The molecule has 0 amide bonds.